The molecule has 1 aliphatic heterocycles. The average Bonchev–Trinajstić information content (AvgIpc) is 3.28. The number of fused-ring (bicyclic) bond motifs is 1. The SMILES string of the molecule is O=C(c1nn(-c2ccccc2)c2c1CC(NCCc1ccc(C(F)(F)F)cc1)CC2)N1CCCCC1. The van der Waals surface area contributed by atoms with E-state index in [0.29, 0.717) is 25.1 Å². The molecule has 1 saturated heterocycles. The predicted octanol–water partition coefficient (Wildman–Crippen LogP) is 5.21. The van der Waals surface area contributed by atoms with Crippen molar-refractivity contribution in [2.75, 3.05) is 19.6 Å². The molecule has 8 heteroatoms. The van der Waals surface area contributed by atoms with Crippen LogP contribution in [0.15, 0.2) is 54.6 Å². The minimum absolute atomic E-state index is 0.0195. The molecule has 0 saturated carbocycles. The number of amides is 1. The van der Waals surface area contributed by atoms with Gasteiger partial charge in [0, 0.05) is 30.4 Å². The lowest BCUT2D eigenvalue weighted by Gasteiger charge is -2.28. The number of benzene rings is 2. The summed E-state index contributed by atoms with van der Waals surface area (Å²) in [7, 11) is 0. The fraction of sp³-hybridized carbons (Fsp3) is 0.429. The Kier molecular flexibility index (Phi) is 7.14. The fourth-order valence-corrected chi connectivity index (χ4v) is 5.27. The first-order chi connectivity index (χ1) is 17.4. The van der Waals surface area contributed by atoms with Gasteiger partial charge in [-0.1, -0.05) is 30.3 Å². The number of nitrogens with one attached hydrogen (secondary N) is 1. The van der Waals surface area contributed by atoms with Gasteiger partial charge < -0.3 is 10.2 Å². The van der Waals surface area contributed by atoms with E-state index in [2.05, 4.69) is 5.32 Å². The van der Waals surface area contributed by atoms with E-state index < -0.39 is 11.7 Å². The van der Waals surface area contributed by atoms with Crippen molar-refractivity contribution in [2.24, 2.45) is 0 Å². The molecule has 190 valence electrons. The molecular formula is C28H31F3N4O. The lowest BCUT2D eigenvalue weighted by atomic mass is 9.90. The van der Waals surface area contributed by atoms with Crippen LogP contribution in [0, 0.1) is 0 Å². The Hall–Kier alpha value is -3.13. The van der Waals surface area contributed by atoms with E-state index in [-0.39, 0.29) is 11.9 Å². The molecule has 36 heavy (non-hydrogen) atoms. The van der Waals surface area contributed by atoms with Crippen LogP contribution in [-0.2, 0) is 25.4 Å². The van der Waals surface area contributed by atoms with Gasteiger partial charge in [-0.3, -0.25) is 4.79 Å². The Balaban J connectivity index is 1.30. The number of likely N-dealkylation sites (tertiary alicyclic amines) is 1. The number of carbonyl (C=O) groups is 1. The molecule has 3 aromatic rings. The zero-order valence-corrected chi connectivity index (χ0v) is 20.2. The first-order valence-electron chi connectivity index (χ1n) is 12.7. The van der Waals surface area contributed by atoms with Crippen LogP contribution >= 0.6 is 0 Å². The van der Waals surface area contributed by atoms with Crippen molar-refractivity contribution in [3.05, 3.63) is 82.7 Å². The van der Waals surface area contributed by atoms with Gasteiger partial charge in [0.05, 0.1) is 11.3 Å². The lowest BCUT2D eigenvalue weighted by Crippen LogP contribution is -2.38. The molecule has 2 aromatic carbocycles. The van der Waals surface area contributed by atoms with Gasteiger partial charge in [0.2, 0.25) is 0 Å². The molecule has 1 N–H and O–H groups in total. The van der Waals surface area contributed by atoms with Crippen LogP contribution in [0.5, 0.6) is 0 Å². The minimum atomic E-state index is -4.32. The van der Waals surface area contributed by atoms with Crippen molar-refractivity contribution in [3.8, 4) is 5.69 Å². The van der Waals surface area contributed by atoms with Crippen LogP contribution in [0.25, 0.3) is 5.69 Å². The number of hydrogen-bond acceptors (Lipinski definition) is 3. The molecule has 0 spiro atoms. The van der Waals surface area contributed by atoms with Crippen LogP contribution in [0.4, 0.5) is 13.2 Å². The van der Waals surface area contributed by atoms with E-state index in [4.69, 9.17) is 5.10 Å². The monoisotopic (exact) mass is 496 g/mol. The van der Waals surface area contributed by atoms with Gasteiger partial charge in [-0.2, -0.15) is 18.3 Å². The Labute approximate surface area is 209 Å². The summed E-state index contributed by atoms with van der Waals surface area (Å²) < 4.78 is 40.4. The second-order valence-corrected chi connectivity index (χ2v) is 9.71. The molecule has 1 fully saturated rings. The summed E-state index contributed by atoms with van der Waals surface area (Å²) in [5, 5.41) is 8.40. The van der Waals surface area contributed by atoms with Gasteiger partial charge in [0.1, 0.15) is 0 Å². The summed E-state index contributed by atoms with van der Waals surface area (Å²) in [4.78, 5) is 15.4. The molecule has 5 nitrogen and oxygen atoms in total. The van der Waals surface area contributed by atoms with E-state index >= 15 is 0 Å². The predicted molar refractivity (Wildman–Crippen MR) is 132 cm³/mol. The Bertz CT molecular complexity index is 1180. The van der Waals surface area contributed by atoms with E-state index in [1.165, 1.54) is 0 Å². The minimum Gasteiger partial charge on any atom is -0.337 e. The maximum Gasteiger partial charge on any atom is 0.416 e. The molecule has 2 aliphatic rings. The van der Waals surface area contributed by atoms with Gasteiger partial charge in [-0.15, -0.1) is 0 Å². The third-order valence-electron chi connectivity index (χ3n) is 7.24. The van der Waals surface area contributed by atoms with Crippen molar-refractivity contribution in [2.45, 2.75) is 57.2 Å². The highest BCUT2D eigenvalue weighted by Gasteiger charge is 2.32. The molecule has 1 amide bonds. The first-order valence-corrected chi connectivity index (χ1v) is 12.7. The second kappa shape index (κ2) is 10.5. The van der Waals surface area contributed by atoms with Gasteiger partial charge >= 0.3 is 6.18 Å². The second-order valence-electron chi connectivity index (χ2n) is 9.71. The Morgan fingerprint density at radius 2 is 1.72 bits per heavy atom. The topological polar surface area (TPSA) is 50.2 Å². The third kappa shape index (κ3) is 5.33. The summed E-state index contributed by atoms with van der Waals surface area (Å²) in [5.41, 5.74) is 3.88. The Morgan fingerprint density at radius 3 is 2.42 bits per heavy atom. The normalized spacial score (nSPS) is 18.2. The average molecular weight is 497 g/mol. The van der Waals surface area contributed by atoms with Gasteiger partial charge in [-0.25, -0.2) is 4.68 Å². The van der Waals surface area contributed by atoms with E-state index in [0.717, 1.165) is 79.8 Å². The van der Waals surface area contributed by atoms with Gasteiger partial charge in [-0.05, 0) is 81.3 Å². The molecule has 0 bridgehead atoms. The highest BCUT2D eigenvalue weighted by molar-refractivity contribution is 5.94. The highest BCUT2D eigenvalue weighted by Crippen LogP contribution is 2.30. The quantitative estimate of drug-likeness (QED) is 0.510. The van der Waals surface area contributed by atoms with Crippen molar-refractivity contribution in [1.29, 1.82) is 0 Å². The van der Waals surface area contributed by atoms with Crippen molar-refractivity contribution >= 4 is 5.91 Å². The number of alkyl halides is 3. The number of para-hydroxylation sites is 1. The summed E-state index contributed by atoms with van der Waals surface area (Å²) >= 11 is 0. The molecule has 1 atom stereocenters. The van der Waals surface area contributed by atoms with Crippen LogP contribution in [0.3, 0.4) is 0 Å². The van der Waals surface area contributed by atoms with Crippen LogP contribution in [0.1, 0.15) is 58.6 Å². The molecule has 1 unspecified atom stereocenters. The summed E-state index contributed by atoms with van der Waals surface area (Å²) in [6.45, 7) is 2.22. The molecule has 5 rings (SSSR count). The van der Waals surface area contributed by atoms with Crippen LogP contribution < -0.4 is 5.32 Å². The molecular weight excluding hydrogens is 465 g/mol. The maximum atomic E-state index is 13.5. The zero-order chi connectivity index (χ0) is 25.1. The highest BCUT2D eigenvalue weighted by atomic mass is 19.4. The number of piperidine rings is 1. The molecule has 1 aromatic heterocycles. The van der Waals surface area contributed by atoms with Crippen molar-refractivity contribution in [1.82, 2.24) is 20.0 Å². The first kappa shape index (κ1) is 24.6. The van der Waals surface area contributed by atoms with Gasteiger partial charge in [0.25, 0.3) is 5.91 Å². The van der Waals surface area contributed by atoms with Crippen molar-refractivity contribution < 1.29 is 18.0 Å². The zero-order valence-electron chi connectivity index (χ0n) is 20.2. The molecule has 0 radical (unpaired) electrons. The number of halogens is 3. The largest absolute Gasteiger partial charge is 0.416 e. The van der Waals surface area contributed by atoms with Crippen molar-refractivity contribution in [3.63, 3.8) is 0 Å². The third-order valence-corrected chi connectivity index (χ3v) is 7.24. The molecule has 2 heterocycles. The smallest absolute Gasteiger partial charge is 0.337 e. The standard InChI is InChI=1S/C28H31F3N4O/c29-28(30,31)21-11-9-20(10-12-21)15-16-32-22-13-14-25-24(19-22)26(27(36)34-17-5-2-6-18-34)33-35(25)23-7-3-1-4-8-23/h1,3-4,7-12,22,32H,2,5-6,13-19H2. The molecule has 1 aliphatic carbocycles. The number of hydrogen-bond donors (Lipinski definition) is 1. The lowest BCUT2D eigenvalue weighted by molar-refractivity contribution is -0.137. The van der Waals surface area contributed by atoms with Crippen LogP contribution in [0.2, 0.25) is 0 Å². The Morgan fingerprint density at radius 1 is 1.00 bits per heavy atom. The van der Waals surface area contributed by atoms with Gasteiger partial charge in [0.15, 0.2) is 5.69 Å². The summed E-state index contributed by atoms with van der Waals surface area (Å²) in [6, 6.07) is 15.5. The maximum absolute atomic E-state index is 13.5. The number of carbonyl (C=O) groups excluding carboxylic acids is 1. The number of aromatic nitrogens is 2. The van der Waals surface area contributed by atoms with E-state index in [1.54, 1.807) is 12.1 Å². The summed E-state index contributed by atoms with van der Waals surface area (Å²) in [5.74, 6) is 0.0195. The number of nitrogens with zero attached hydrogens (tertiary/aromatic N) is 3. The fourth-order valence-electron chi connectivity index (χ4n) is 5.27. The number of rotatable bonds is 6. The summed E-state index contributed by atoms with van der Waals surface area (Å²) in [6.07, 6.45) is 1.98. The van der Waals surface area contributed by atoms with E-state index in [9.17, 15) is 18.0 Å². The van der Waals surface area contributed by atoms with E-state index in [1.807, 2.05) is 39.9 Å². The van der Waals surface area contributed by atoms with Crippen LogP contribution in [-0.4, -0.2) is 46.3 Å².